The molecule has 3 nitrogen and oxygen atoms in total. The third-order valence-electron chi connectivity index (χ3n) is 2.96. The maximum Gasteiger partial charge on any atom is 0.335 e. The zero-order valence-electron chi connectivity index (χ0n) is 12.4. The first-order valence-electron chi connectivity index (χ1n) is 6.85. The second kappa shape index (κ2) is 8.20. The molecule has 108 valence electrons. The molecule has 0 atom stereocenters. The van der Waals surface area contributed by atoms with Crippen molar-refractivity contribution in [2.24, 2.45) is 0 Å². The van der Waals surface area contributed by atoms with Gasteiger partial charge in [-0.2, -0.15) is 0 Å². The van der Waals surface area contributed by atoms with Gasteiger partial charge in [-0.15, -0.1) is 0 Å². The summed E-state index contributed by atoms with van der Waals surface area (Å²) in [6.07, 6.45) is 6.51. The summed E-state index contributed by atoms with van der Waals surface area (Å²) in [4.78, 5) is 10.9. The Bertz CT molecular complexity index is 511. The largest absolute Gasteiger partial charge is 0.478 e. The molecule has 3 heteroatoms. The number of rotatable bonds is 7. The topological polar surface area (TPSA) is 49.3 Å². The highest BCUT2D eigenvalue weighted by Gasteiger charge is 2.01. The van der Waals surface area contributed by atoms with Crippen LogP contribution in [0.4, 0.5) is 5.69 Å². The van der Waals surface area contributed by atoms with Crippen LogP contribution in [0.15, 0.2) is 47.6 Å². The Labute approximate surface area is 121 Å². The van der Waals surface area contributed by atoms with Gasteiger partial charge in [0.2, 0.25) is 0 Å². The predicted molar refractivity (Wildman–Crippen MR) is 84.3 cm³/mol. The standard InChI is InChI=1S/C17H23NO2/c1-13(2)6-4-7-14(3)10-11-18-16-9-5-8-15(12-16)17(19)20/h5-6,8-10,12,18H,4,7,11H2,1-3H3,(H,19,20)/b14-10+. The van der Waals surface area contributed by atoms with Crippen molar-refractivity contribution in [3.05, 3.63) is 53.1 Å². The van der Waals surface area contributed by atoms with Gasteiger partial charge in [-0.1, -0.05) is 29.4 Å². The van der Waals surface area contributed by atoms with Crippen molar-refractivity contribution in [1.82, 2.24) is 0 Å². The van der Waals surface area contributed by atoms with Crippen LogP contribution in [0.3, 0.4) is 0 Å². The molecule has 2 N–H and O–H groups in total. The first kappa shape index (κ1) is 16.0. The molecular weight excluding hydrogens is 250 g/mol. The predicted octanol–water partition coefficient (Wildman–Crippen LogP) is 4.49. The molecule has 0 aliphatic carbocycles. The monoisotopic (exact) mass is 273 g/mol. The second-order valence-corrected chi connectivity index (χ2v) is 5.14. The van der Waals surface area contributed by atoms with Crippen molar-refractivity contribution >= 4 is 11.7 Å². The Hall–Kier alpha value is -2.03. The van der Waals surface area contributed by atoms with E-state index in [1.165, 1.54) is 11.1 Å². The van der Waals surface area contributed by atoms with Crippen molar-refractivity contribution in [3.63, 3.8) is 0 Å². The molecule has 0 bridgehead atoms. The average molecular weight is 273 g/mol. The van der Waals surface area contributed by atoms with Gasteiger partial charge in [0.05, 0.1) is 5.56 Å². The maximum absolute atomic E-state index is 10.9. The van der Waals surface area contributed by atoms with Gasteiger partial charge >= 0.3 is 5.97 Å². The zero-order valence-corrected chi connectivity index (χ0v) is 12.4. The molecule has 1 rings (SSSR count). The lowest BCUT2D eigenvalue weighted by Crippen LogP contribution is -2.02. The normalized spacial score (nSPS) is 11.1. The number of carboxylic acid groups (broad SMARTS) is 1. The quantitative estimate of drug-likeness (QED) is 0.720. The van der Waals surface area contributed by atoms with E-state index in [0.717, 1.165) is 18.5 Å². The minimum Gasteiger partial charge on any atom is -0.478 e. The lowest BCUT2D eigenvalue weighted by molar-refractivity contribution is 0.0697. The number of anilines is 1. The summed E-state index contributed by atoms with van der Waals surface area (Å²) in [5, 5.41) is 12.1. The summed E-state index contributed by atoms with van der Waals surface area (Å²) < 4.78 is 0. The van der Waals surface area contributed by atoms with Crippen LogP contribution >= 0.6 is 0 Å². The molecule has 0 aliphatic rings. The summed E-state index contributed by atoms with van der Waals surface area (Å²) in [5.41, 5.74) is 3.82. The summed E-state index contributed by atoms with van der Waals surface area (Å²) in [7, 11) is 0. The van der Waals surface area contributed by atoms with E-state index in [0.29, 0.717) is 12.1 Å². The Morgan fingerprint density at radius 1 is 1.25 bits per heavy atom. The molecule has 0 saturated heterocycles. The number of aromatic carboxylic acids is 1. The van der Waals surface area contributed by atoms with Crippen LogP contribution in [0.2, 0.25) is 0 Å². The Kier molecular flexibility index (Phi) is 6.57. The fourth-order valence-corrected chi connectivity index (χ4v) is 1.80. The Balaban J connectivity index is 2.45. The van der Waals surface area contributed by atoms with E-state index in [9.17, 15) is 4.79 Å². The third kappa shape index (κ3) is 6.23. The number of hydrogen-bond donors (Lipinski definition) is 2. The van der Waals surface area contributed by atoms with E-state index in [1.54, 1.807) is 18.2 Å². The first-order valence-corrected chi connectivity index (χ1v) is 6.85. The number of carbonyl (C=O) groups is 1. The molecule has 0 spiro atoms. The van der Waals surface area contributed by atoms with Gasteiger partial charge in [-0.25, -0.2) is 4.79 Å². The number of nitrogens with one attached hydrogen (secondary N) is 1. The van der Waals surface area contributed by atoms with Crippen molar-refractivity contribution in [3.8, 4) is 0 Å². The molecule has 0 aliphatic heterocycles. The summed E-state index contributed by atoms with van der Waals surface area (Å²) in [6.45, 7) is 7.05. The van der Waals surface area contributed by atoms with Crippen LogP contribution < -0.4 is 5.32 Å². The molecule has 0 aromatic heterocycles. The van der Waals surface area contributed by atoms with Crippen LogP contribution in [0.5, 0.6) is 0 Å². The molecule has 0 saturated carbocycles. The second-order valence-electron chi connectivity index (χ2n) is 5.14. The fourth-order valence-electron chi connectivity index (χ4n) is 1.80. The van der Waals surface area contributed by atoms with Gasteiger partial charge in [-0.05, 0) is 51.8 Å². The molecule has 0 amide bonds. The van der Waals surface area contributed by atoms with Gasteiger partial charge in [0.1, 0.15) is 0 Å². The van der Waals surface area contributed by atoms with Crippen molar-refractivity contribution in [2.45, 2.75) is 33.6 Å². The molecule has 1 aromatic carbocycles. The molecule has 0 heterocycles. The highest BCUT2D eigenvalue weighted by Crippen LogP contribution is 2.11. The molecular formula is C17H23NO2. The molecule has 20 heavy (non-hydrogen) atoms. The van der Waals surface area contributed by atoms with Crippen LogP contribution in [-0.2, 0) is 0 Å². The highest BCUT2D eigenvalue weighted by atomic mass is 16.4. The van der Waals surface area contributed by atoms with Crippen LogP contribution in [0.1, 0.15) is 44.0 Å². The zero-order chi connectivity index (χ0) is 15.0. The minimum atomic E-state index is -0.901. The van der Waals surface area contributed by atoms with Crippen LogP contribution in [0.25, 0.3) is 0 Å². The van der Waals surface area contributed by atoms with Crippen LogP contribution in [-0.4, -0.2) is 17.6 Å². The van der Waals surface area contributed by atoms with Gasteiger partial charge in [0, 0.05) is 12.2 Å². The Morgan fingerprint density at radius 3 is 2.65 bits per heavy atom. The SMILES string of the molecule is CC(C)=CCC/C(C)=C/CNc1cccc(C(=O)O)c1. The maximum atomic E-state index is 10.9. The lowest BCUT2D eigenvalue weighted by Gasteiger charge is -2.05. The Morgan fingerprint density at radius 2 is 2.00 bits per heavy atom. The molecule has 0 radical (unpaired) electrons. The van der Waals surface area contributed by atoms with E-state index in [2.05, 4.69) is 38.2 Å². The van der Waals surface area contributed by atoms with Crippen LogP contribution in [0, 0.1) is 0 Å². The van der Waals surface area contributed by atoms with E-state index in [-0.39, 0.29) is 0 Å². The van der Waals surface area contributed by atoms with Gasteiger partial charge < -0.3 is 10.4 Å². The van der Waals surface area contributed by atoms with Crippen molar-refractivity contribution < 1.29 is 9.90 Å². The summed E-state index contributed by atoms with van der Waals surface area (Å²) >= 11 is 0. The molecule has 0 unspecified atom stereocenters. The summed E-state index contributed by atoms with van der Waals surface area (Å²) in [5.74, 6) is -0.901. The van der Waals surface area contributed by atoms with Crippen molar-refractivity contribution in [2.75, 3.05) is 11.9 Å². The fraction of sp³-hybridized carbons (Fsp3) is 0.353. The minimum absolute atomic E-state index is 0.305. The van der Waals surface area contributed by atoms with Gasteiger partial charge in [-0.3, -0.25) is 0 Å². The lowest BCUT2D eigenvalue weighted by atomic mass is 10.1. The van der Waals surface area contributed by atoms with E-state index < -0.39 is 5.97 Å². The number of hydrogen-bond acceptors (Lipinski definition) is 2. The van der Waals surface area contributed by atoms with E-state index >= 15 is 0 Å². The first-order chi connectivity index (χ1) is 9.49. The highest BCUT2D eigenvalue weighted by molar-refractivity contribution is 5.88. The molecule has 1 aromatic rings. The number of carboxylic acids is 1. The number of benzene rings is 1. The average Bonchev–Trinajstić information content (AvgIpc) is 2.38. The summed E-state index contributed by atoms with van der Waals surface area (Å²) in [6, 6.07) is 6.86. The van der Waals surface area contributed by atoms with E-state index in [1.807, 2.05) is 6.07 Å². The van der Waals surface area contributed by atoms with Crippen molar-refractivity contribution in [1.29, 1.82) is 0 Å². The van der Waals surface area contributed by atoms with E-state index in [4.69, 9.17) is 5.11 Å². The molecule has 0 fully saturated rings. The number of allylic oxidation sites excluding steroid dienone is 3. The van der Waals surface area contributed by atoms with Gasteiger partial charge in [0.25, 0.3) is 0 Å². The smallest absolute Gasteiger partial charge is 0.335 e. The van der Waals surface area contributed by atoms with Gasteiger partial charge in [0.15, 0.2) is 0 Å². The third-order valence-corrected chi connectivity index (χ3v) is 2.96.